The molecule has 0 bridgehead atoms. The SMILES string of the molecule is O=C(CN1CCOCC1)NN=Cc1ccc(OCc2ccccc2)cc1. The molecule has 2 aromatic rings. The van der Waals surface area contributed by atoms with Crippen LogP contribution in [0.15, 0.2) is 59.7 Å². The van der Waals surface area contributed by atoms with Crippen LogP contribution >= 0.6 is 0 Å². The van der Waals surface area contributed by atoms with Gasteiger partial charge in [-0.3, -0.25) is 9.69 Å². The Morgan fingerprint density at radius 3 is 2.58 bits per heavy atom. The number of amides is 1. The van der Waals surface area contributed by atoms with Gasteiger partial charge in [-0.15, -0.1) is 0 Å². The molecule has 1 aliphatic heterocycles. The Morgan fingerprint density at radius 1 is 1.12 bits per heavy atom. The van der Waals surface area contributed by atoms with Crippen molar-refractivity contribution in [1.29, 1.82) is 0 Å². The van der Waals surface area contributed by atoms with E-state index in [0.717, 1.165) is 30.0 Å². The van der Waals surface area contributed by atoms with Gasteiger partial charge in [0.15, 0.2) is 0 Å². The maximum absolute atomic E-state index is 11.8. The summed E-state index contributed by atoms with van der Waals surface area (Å²) in [5.41, 5.74) is 4.57. The van der Waals surface area contributed by atoms with Crippen molar-refractivity contribution in [2.75, 3.05) is 32.8 Å². The number of nitrogens with one attached hydrogen (secondary N) is 1. The molecule has 0 atom stereocenters. The zero-order valence-electron chi connectivity index (χ0n) is 14.6. The smallest absolute Gasteiger partial charge is 0.254 e. The first-order chi connectivity index (χ1) is 12.8. The minimum atomic E-state index is -0.119. The van der Waals surface area contributed by atoms with Gasteiger partial charge in [0.2, 0.25) is 0 Å². The zero-order chi connectivity index (χ0) is 18.0. The van der Waals surface area contributed by atoms with Crippen LogP contribution in [0.5, 0.6) is 5.75 Å². The van der Waals surface area contributed by atoms with Gasteiger partial charge in [0.05, 0.1) is 26.0 Å². The molecule has 1 heterocycles. The Morgan fingerprint density at radius 2 is 1.85 bits per heavy atom. The number of morpholine rings is 1. The van der Waals surface area contributed by atoms with E-state index in [4.69, 9.17) is 9.47 Å². The molecule has 1 saturated heterocycles. The number of rotatable bonds is 7. The number of benzene rings is 2. The lowest BCUT2D eigenvalue weighted by Gasteiger charge is -2.25. The van der Waals surface area contributed by atoms with Gasteiger partial charge in [0.25, 0.3) is 5.91 Å². The second kappa shape index (κ2) is 9.70. The van der Waals surface area contributed by atoms with E-state index in [1.165, 1.54) is 0 Å². The standard InChI is InChI=1S/C20H23N3O3/c24-20(15-23-10-12-25-13-11-23)22-21-14-17-6-8-19(9-7-17)26-16-18-4-2-1-3-5-18/h1-9,14H,10-13,15-16H2,(H,22,24). The van der Waals surface area contributed by atoms with Crippen LogP contribution < -0.4 is 10.2 Å². The van der Waals surface area contributed by atoms with Crippen molar-refractivity contribution < 1.29 is 14.3 Å². The van der Waals surface area contributed by atoms with Crippen molar-refractivity contribution in [3.8, 4) is 5.75 Å². The number of carbonyl (C=O) groups excluding carboxylic acids is 1. The predicted molar refractivity (Wildman–Crippen MR) is 100 cm³/mol. The first kappa shape index (κ1) is 18.1. The number of ether oxygens (including phenoxy) is 2. The number of hydrogen-bond acceptors (Lipinski definition) is 5. The van der Waals surface area contributed by atoms with Crippen molar-refractivity contribution in [3.05, 3.63) is 65.7 Å². The fourth-order valence-corrected chi connectivity index (χ4v) is 2.57. The third-order valence-corrected chi connectivity index (χ3v) is 4.00. The van der Waals surface area contributed by atoms with Gasteiger partial charge in [0, 0.05) is 13.1 Å². The van der Waals surface area contributed by atoms with Crippen LogP contribution in [0.3, 0.4) is 0 Å². The fraction of sp³-hybridized carbons (Fsp3) is 0.300. The van der Waals surface area contributed by atoms with Crippen molar-refractivity contribution in [2.45, 2.75) is 6.61 Å². The molecular formula is C20H23N3O3. The minimum Gasteiger partial charge on any atom is -0.489 e. The number of nitrogens with zero attached hydrogens (tertiary/aromatic N) is 2. The Labute approximate surface area is 153 Å². The van der Waals surface area contributed by atoms with Gasteiger partial charge in [-0.1, -0.05) is 30.3 Å². The highest BCUT2D eigenvalue weighted by molar-refractivity contribution is 5.83. The summed E-state index contributed by atoms with van der Waals surface area (Å²) >= 11 is 0. The molecule has 1 aliphatic rings. The van der Waals surface area contributed by atoms with Crippen molar-refractivity contribution in [1.82, 2.24) is 10.3 Å². The monoisotopic (exact) mass is 353 g/mol. The molecule has 0 unspecified atom stereocenters. The topological polar surface area (TPSA) is 63.2 Å². The predicted octanol–water partition coefficient (Wildman–Crippen LogP) is 2.05. The van der Waals surface area contributed by atoms with E-state index in [2.05, 4.69) is 10.5 Å². The van der Waals surface area contributed by atoms with Gasteiger partial charge >= 0.3 is 0 Å². The van der Waals surface area contributed by atoms with Crippen LogP contribution in [0.25, 0.3) is 0 Å². The fourth-order valence-electron chi connectivity index (χ4n) is 2.57. The van der Waals surface area contributed by atoms with Crippen LogP contribution in [-0.4, -0.2) is 49.9 Å². The largest absolute Gasteiger partial charge is 0.489 e. The molecule has 0 aliphatic carbocycles. The van der Waals surface area contributed by atoms with Gasteiger partial charge in [-0.05, 0) is 35.4 Å². The summed E-state index contributed by atoms with van der Waals surface area (Å²) in [6.07, 6.45) is 1.62. The van der Waals surface area contributed by atoms with Gasteiger partial charge in [0.1, 0.15) is 12.4 Å². The van der Waals surface area contributed by atoms with Crippen molar-refractivity contribution >= 4 is 12.1 Å². The molecule has 3 rings (SSSR count). The van der Waals surface area contributed by atoms with Crippen LogP contribution in [0.2, 0.25) is 0 Å². The summed E-state index contributed by atoms with van der Waals surface area (Å²) in [6, 6.07) is 17.6. The summed E-state index contributed by atoms with van der Waals surface area (Å²) in [5, 5.41) is 4.01. The third kappa shape index (κ3) is 5.98. The van der Waals surface area contributed by atoms with E-state index in [0.29, 0.717) is 26.4 Å². The quantitative estimate of drug-likeness (QED) is 0.611. The number of carbonyl (C=O) groups is 1. The lowest BCUT2D eigenvalue weighted by Crippen LogP contribution is -2.42. The normalized spacial score (nSPS) is 15.1. The van der Waals surface area contributed by atoms with E-state index < -0.39 is 0 Å². The molecular weight excluding hydrogens is 330 g/mol. The molecule has 0 aromatic heterocycles. The first-order valence-corrected chi connectivity index (χ1v) is 8.68. The van der Waals surface area contributed by atoms with E-state index in [1.807, 2.05) is 59.5 Å². The highest BCUT2D eigenvalue weighted by Gasteiger charge is 2.13. The van der Waals surface area contributed by atoms with Crippen molar-refractivity contribution in [2.24, 2.45) is 5.10 Å². The average molecular weight is 353 g/mol. The maximum atomic E-state index is 11.8. The van der Waals surface area contributed by atoms with E-state index in [9.17, 15) is 4.79 Å². The molecule has 0 saturated carbocycles. The molecule has 6 heteroatoms. The second-order valence-electron chi connectivity index (χ2n) is 6.03. The van der Waals surface area contributed by atoms with Crippen LogP contribution in [0.1, 0.15) is 11.1 Å². The minimum absolute atomic E-state index is 0.119. The molecule has 2 aromatic carbocycles. The lowest BCUT2D eigenvalue weighted by atomic mass is 10.2. The number of hydrazone groups is 1. The second-order valence-corrected chi connectivity index (χ2v) is 6.03. The molecule has 136 valence electrons. The summed E-state index contributed by atoms with van der Waals surface area (Å²) in [5.74, 6) is 0.674. The lowest BCUT2D eigenvalue weighted by molar-refractivity contribution is -0.123. The van der Waals surface area contributed by atoms with Crippen molar-refractivity contribution in [3.63, 3.8) is 0 Å². The maximum Gasteiger partial charge on any atom is 0.254 e. The molecule has 0 spiro atoms. The molecule has 1 amide bonds. The molecule has 26 heavy (non-hydrogen) atoms. The van der Waals surface area contributed by atoms with E-state index in [-0.39, 0.29) is 5.91 Å². The van der Waals surface area contributed by atoms with Gasteiger partial charge < -0.3 is 9.47 Å². The van der Waals surface area contributed by atoms with E-state index >= 15 is 0 Å². The molecule has 1 N–H and O–H groups in total. The summed E-state index contributed by atoms with van der Waals surface area (Å²) in [7, 11) is 0. The first-order valence-electron chi connectivity index (χ1n) is 8.68. The Balaban J connectivity index is 1.41. The summed E-state index contributed by atoms with van der Waals surface area (Å²) < 4.78 is 11.0. The third-order valence-electron chi connectivity index (χ3n) is 4.00. The summed E-state index contributed by atoms with van der Waals surface area (Å²) in [4.78, 5) is 13.9. The van der Waals surface area contributed by atoms with Crippen LogP contribution in [-0.2, 0) is 16.1 Å². The zero-order valence-corrected chi connectivity index (χ0v) is 14.6. The Hall–Kier alpha value is -2.70. The van der Waals surface area contributed by atoms with Gasteiger partial charge in [-0.25, -0.2) is 5.43 Å². The van der Waals surface area contributed by atoms with Crippen LogP contribution in [0.4, 0.5) is 0 Å². The molecule has 6 nitrogen and oxygen atoms in total. The van der Waals surface area contributed by atoms with Crippen LogP contribution in [0, 0.1) is 0 Å². The highest BCUT2D eigenvalue weighted by atomic mass is 16.5. The molecule has 0 radical (unpaired) electrons. The van der Waals surface area contributed by atoms with Gasteiger partial charge in [-0.2, -0.15) is 5.10 Å². The molecule has 1 fully saturated rings. The summed E-state index contributed by atoms with van der Waals surface area (Å²) in [6.45, 7) is 3.78. The Bertz CT molecular complexity index is 711. The Kier molecular flexibility index (Phi) is 6.75. The number of hydrogen-bond donors (Lipinski definition) is 1. The van der Waals surface area contributed by atoms with E-state index in [1.54, 1.807) is 6.21 Å². The highest BCUT2D eigenvalue weighted by Crippen LogP contribution is 2.13. The average Bonchev–Trinajstić information content (AvgIpc) is 2.69.